The maximum absolute atomic E-state index is 12.8. The number of methoxy groups -OCH3 is 2. The Labute approximate surface area is 262 Å². The monoisotopic (exact) mass is 602 g/mol. The van der Waals surface area contributed by atoms with Crippen molar-refractivity contribution in [1.29, 1.82) is 0 Å². The lowest BCUT2D eigenvalue weighted by Gasteiger charge is -2.13. The fraction of sp³-hybridized carbons (Fsp3) is 0.135. The molecule has 0 aliphatic carbocycles. The van der Waals surface area contributed by atoms with Crippen LogP contribution in [0.25, 0.3) is 0 Å². The van der Waals surface area contributed by atoms with E-state index in [1.54, 1.807) is 31.5 Å². The van der Waals surface area contributed by atoms with E-state index in [1.165, 1.54) is 7.11 Å². The van der Waals surface area contributed by atoms with Gasteiger partial charge < -0.3 is 23.7 Å². The molecule has 1 amide bonds. The number of carbonyl (C=O) groups is 1. The van der Waals surface area contributed by atoms with Crippen LogP contribution < -0.4 is 29.1 Å². The minimum absolute atomic E-state index is 0.297. The van der Waals surface area contributed by atoms with Gasteiger partial charge in [0.1, 0.15) is 25.6 Å². The number of nitrogens with one attached hydrogen (secondary N) is 1. The van der Waals surface area contributed by atoms with Crippen LogP contribution in [0.15, 0.2) is 126 Å². The molecule has 0 unspecified atom stereocenters. The maximum atomic E-state index is 12.8. The predicted molar refractivity (Wildman–Crippen MR) is 173 cm³/mol. The van der Waals surface area contributed by atoms with Crippen molar-refractivity contribution in [2.75, 3.05) is 14.2 Å². The van der Waals surface area contributed by atoms with Gasteiger partial charge >= 0.3 is 0 Å². The topological polar surface area (TPSA) is 87.6 Å². The molecule has 5 aromatic rings. The van der Waals surface area contributed by atoms with E-state index >= 15 is 0 Å². The lowest BCUT2D eigenvalue weighted by molar-refractivity contribution is 0.0954. The van der Waals surface area contributed by atoms with E-state index < -0.39 is 0 Å². The zero-order valence-electron chi connectivity index (χ0n) is 25.1. The van der Waals surface area contributed by atoms with Gasteiger partial charge in [-0.05, 0) is 59.2 Å². The van der Waals surface area contributed by atoms with Crippen LogP contribution in [-0.4, -0.2) is 26.3 Å². The maximum Gasteiger partial charge on any atom is 0.271 e. The van der Waals surface area contributed by atoms with E-state index in [9.17, 15) is 4.79 Å². The van der Waals surface area contributed by atoms with Crippen molar-refractivity contribution in [2.45, 2.75) is 19.8 Å². The summed E-state index contributed by atoms with van der Waals surface area (Å²) in [7, 11) is 3.14. The van der Waals surface area contributed by atoms with Gasteiger partial charge in [0.05, 0.1) is 20.4 Å². The second kappa shape index (κ2) is 15.6. The summed E-state index contributed by atoms with van der Waals surface area (Å²) in [6.07, 6.45) is 1.54. The lowest BCUT2D eigenvalue weighted by atomic mass is 10.2. The van der Waals surface area contributed by atoms with E-state index in [0.29, 0.717) is 59.7 Å². The van der Waals surface area contributed by atoms with E-state index in [1.807, 2.05) is 103 Å². The van der Waals surface area contributed by atoms with Gasteiger partial charge in [-0.1, -0.05) is 78.9 Å². The highest BCUT2D eigenvalue weighted by Gasteiger charge is 2.12. The Kier molecular flexibility index (Phi) is 10.7. The second-order valence-electron chi connectivity index (χ2n) is 9.93. The molecule has 228 valence electrons. The molecule has 0 saturated carbocycles. The molecule has 0 saturated heterocycles. The zero-order valence-corrected chi connectivity index (χ0v) is 25.1. The molecule has 0 heterocycles. The molecule has 0 spiro atoms. The molecular weight excluding hydrogens is 568 g/mol. The molecule has 8 heteroatoms. The van der Waals surface area contributed by atoms with Crippen LogP contribution in [0.4, 0.5) is 0 Å². The van der Waals surface area contributed by atoms with Gasteiger partial charge in [-0.3, -0.25) is 4.79 Å². The summed E-state index contributed by atoms with van der Waals surface area (Å²) in [5.74, 6) is 2.49. The van der Waals surface area contributed by atoms with Crippen molar-refractivity contribution in [3.05, 3.63) is 149 Å². The molecule has 0 aromatic heterocycles. The van der Waals surface area contributed by atoms with Crippen LogP contribution in [0, 0.1) is 0 Å². The van der Waals surface area contributed by atoms with Crippen LogP contribution in [0.5, 0.6) is 28.7 Å². The number of carbonyl (C=O) groups excluding carboxylic acids is 1. The highest BCUT2D eigenvalue weighted by atomic mass is 16.5. The predicted octanol–water partition coefficient (Wildman–Crippen LogP) is 7.20. The first-order chi connectivity index (χ1) is 22.1. The third-order valence-corrected chi connectivity index (χ3v) is 6.81. The van der Waals surface area contributed by atoms with Crippen molar-refractivity contribution in [1.82, 2.24) is 5.43 Å². The standard InChI is InChI=1S/C37H34N2O6/c1-41-35-21-29(17-19-33(35)44-24-27-11-5-3-6-12-27)26-43-32-16-10-9-15-31(32)23-38-39-37(40)30-18-20-34(36(22-30)42-2)45-25-28-13-7-4-8-14-28/h3-23H,24-26H2,1-2H3,(H,39,40)/b38-23+. The van der Waals surface area contributed by atoms with Crippen LogP contribution in [0.1, 0.15) is 32.6 Å². The quantitative estimate of drug-likeness (QED) is 0.107. The number of nitrogens with zero attached hydrogens (tertiary/aromatic N) is 1. The van der Waals surface area contributed by atoms with Gasteiger partial charge in [-0.2, -0.15) is 5.10 Å². The first-order valence-electron chi connectivity index (χ1n) is 14.4. The Balaban J connectivity index is 1.17. The SMILES string of the molecule is COc1cc(COc2ccccc2/C=N/NC(=O)c2ccc(OCc3ccccc3)c(OC)c2)ccc1OCc1ccccc1. The minimum atomic E-state index is -0.390. The number of rotatable bonds is 14. The van der Waals surface area contributed by atoms with Crippen molar-refractivity contribution in [3.8, 4) is 28.7 Å². The second-order valence-corrected chi connectivity index (χ2v) is 9.93. The Morgan fingerprint density at radius 1 is 0.578 bits per heavy atom. The highest BCUT2D eigenvalue weighted by Crippen LogP contribution is 2.30. The summed E-state index contributed by atoms with van der Waals surface area (Å²) in [5, 5.41) is 4.16. The summed E-state index contributed by atoms with van der Waals surface area (Å²) in [6.45, 7) is 1.12. The first-order valence-corrected chi connectivity index (χ1v) is 14.4. The Morgan fingerprint density at radius 3 is 1.76 bits per heavy atom. The van der Waals surface area contributed by atoms with Crippen molar-refractivity contribution >= 4 is 12.1 Å². The lowest BCUT2D eigenvalue weighted by Crippen LogP contribution is -2.17. The smallest absolute Gasteiger partial charge is 0.271 e. The zero-order chi connectivity index (χ0) is 31.3. The van der Waals surface area contributed by atoms with Gasteiger partial charge in [-0.15, -0.1) is 0 Å². The van der Waals surface area contributed by atoms with Crippen LogP contribution in [0.2, 0.25) is 0 Å². The molecule has 5 rings (SSSR count). The van der Waals surface area contributed by atoms with Gasteiger partial charge in [0.25, 0.3) is 5.91 Å². The van der Waals surface area contributed by atoms with Gasteiger partial charge in [-0.25, -0.2) is 5.43 Å². The third kappa shape index (κ3) is 8.64. The molecule has 0 aliphatic heterocycles. The van der Waals surface area contributed by atoms with Gasteiger partial charge in [0.2, 0.25) is 0 Å². The molecule has 0 aliphatic rings. The number of benzene rings is 5. The molecule has 1 N–H and O–H groups in total. The molecule has 0 bridgehead atoms. The highest BCUT2D eigenvalue weighted by molar-refractivity contribution is 5.95. The summed E-state index contributed by atoms with van der Waals surface area (Å²) < 4.78 is 29.0. The number of hydrogen-bond acceptors (Lipinski definition) is 7. The van der Waals surface area contributed by atoms with Crippen molar-refractivity contribution in [2.24, 2.45) is 5.10 Å². The van der Waals surface area contributed by atoms with E-state index in [4.69, 9.17) is 23.7 Å². The summed E-state index contributed by atoms with van der Waals surface area (Å²) in [6, 6.07) is 37.9. The van der Waals surface area contributed by atoms with E-state index in [2.05, 4.69) is 10.5 Å². The normalized spacial score (nSPS) is 10.7. The Hall–Kier alpha value is -5.76. The minimum Gasteiger partial charge on any atom is -0.493 e. The summed E-state index contributed by atoms with van der Waals surface area (Å²) in [4.78, 5) is 12.8. The molecule has 5 aromatic carbocycles. The first kappa shape index (κ1) is 30.7. The van der Waals surface area contributed by atoms with E-state index in [0.717, 1.165) is 16.7 Å². The fourth-order valence-electron chi connectivity index (χ4n) is 4.42. The summed E-state index contributed by atoms with van der Waals surface area (Å²) in [5.41, 5.74) is 6.66. The molecule has 0 radical (unpaired) electrons. The number of hydrazone groups is 1. The molecule has 0 fully saturated rings. The molecule has 0 atom stereocenters. The van der Waals surface area contributed by atoms with Crippen molar-refractivity contribution < 1.29 is 28.5 Å². The van der Waals surface area contributed by atoms with Crippen LogP contribution >= 0.6 is 0 Å². The average molecular weight is 603 g/mol. The number of amides is 1. The number of hydrogen-bond donors (Lipinski definition) is 1. The molecule has 45 heavy (non-hydrogen) atoms. The Bertz CT molecular complexity index is 1720. The van der Waals surface area contributed by atoms with Crippen molar-refractivity contribution in [3.63, 3.8) is 0 Å². The van der Waals surface area contributed by atoms with E-state index in [-0.39, 0.29) is 5.91 Å². The summed E-state index contributed by atoms with van der Waals surface area (Å²) >= 11 is 0. The van der Waals surface area contributed by atoms with Crippen LogP contribution in [0.3, 0.4) is 0 Å². The average Bonchev–Trinajstić information content (AvgIpc) is 3.10. The Morgan fingerprint density at radius 2 is 1.11 bits per heavy atom. The number of para-hydroxylation sites is 1. The molecule has 8 nitrogen and oxygen atoms in total. The molecular formula is C37H34N2O6. The largest absolute Gasteiger partial charge is 0.493 e. The number of ether oxygens (including phenoxy) is 5. The van der Waals surface area contributed by atoms with Crippen LogP contribution in [-0.2, 0) is 19.8 Å². The third-order valence-electron chi connectivity index (χ3n) is 6.81. The van der Waals surface area contributed by atoms with Gasteiger partial charge in [0, 0.05) is 11.1 Å². The fourth-order valence-corrected chi connectivity index (χ4v) is 4.42. The van der Waals surface area contributed by atoms with Gasteiger partial charge in [0.15, 0.2) is 23.0 Å².